The van der Waals surface area contributed by atoms with Gasteiger partial charge in [-0.25, -0.2) is 0 Å². The molecule has 0 aliphatic carbocycles. The molecule has 1 aromatic rings. The Labute approximate surface area is 136 Å². The van der Waals surface area contributed by atoms with Crippen molar-refractivity contribution in [3.63, 3.8) is 0 Å². The molecule has 4 heteroatoms. The summed E-state index contributed by atoms with van der Waals surface area (Å²) < 4.78 is 1.05. The van der Waals surface area contributed by atoms with Crippen molar-refractivity contribution in [3.8, 4) is 0 Å². The summed E-state index contributed by atoms with van der Waals surface area (Å²) in [7, 11) is 0. The molecule has 2 rings (SSSR count). The summed E-state index contributed by atoms with van der Waals surface area (Å²) in [6.45, 7) is 6.10. The number of hydrogen-bond acceptors (Lipinski definition) is 2. The molecule has 21 heavy (non-hydrogen) atoms. The maximum Gasteiger partial charge on any atom is 0.226 e. The van der Waals surface area contributed by atoms with E-state index >= 15 is 0 Å². The Balaban J connectivity index is 2.10. The minimum atomic E-state index is -0.185. The Bertz CT molecular complexity index is 478. The van der Waals surface area contributed by atoms with Crippen LogP contribution in [0.25, 0.3) is 0 Å². The highest BCUT2D eigenvalue weighted by atomic mass is 79.9. The minimum Gasteiger partial charge on any atom is -0.349 e. The standard InChI is InChI=1S/C17H25BrN2O/c1-3-8-17(9-11-19-12-10-17)16(21)20-13(2)14-6-4-5-7-15(14)18/h4-7,13,19H,3,8-12H2,1-2H3,(H,20,21)/t13-/m1/s1. The van der Waals surface area contributed by atoms with Crippen LogP contribution in [-0.4, -0.2) is 19.0 Å². The van der Waals surface area contributed by atoms with Gasteiger partial charge in [-0.05, 0) is 50.9 Å². The van der Waals surface area contributed by atoms with E-state index < -0.39 is 0 Å². The van der Waals surface area contributed by atoms with Crippen LogP contribution in [0.4, 0.5) is 0 Å². The van der Waals surface area contributed by atoms with Crippen LogP contribution < -0.4 is 10.6 Å². The highest BCUT2D eigenvalue weighted by Gasteiger charge is 2.39. The Morgan fingerprint density at radius 2 is 2.05 bits per heavy atom. The summed E-state index contributed by atoms with van der Waals surface area (Å²) in [5.74, 6) is 0.217. The molecular formula is C17H25BrN2O. The molecule has 1 fully saturated rings. The molecular weight excluding hydrogens is 328 g/mol. The molecule has 3 nitrogen and oxygen atoms in total. The molecule has 1 atom stereocenters. The van der Waals surface area contributed by atoms with Crippen molar-refractivity contribution < 1.29 is 4.79 Å². The number of amides is 1. The van der Waals surface area contributed by atoms with Gasteiger partial charge in [0.05, 0.1) is 11.5 Å². The van der Waals surface area contributed by atoms with Crippen LogP contribution in [0.15, 0.2) is 28.7 Å². The van der Waals surface area contributed by atoms with E-state index in [4.69, 9.17) is 0 Å². The maximum absolute atomic E-state index is 12.9. The lowest BCUT2D eigenvalue weighted by atomic mass is 9.74. The monoisotopic (exact) mass is 352 g/mol. The van der Waals surface area contributed by atoms with E-state index in [2.05, 4.69) is 46.5 Å². The third kappa shape index (κ3) is 3.86. The lowest BCUT2D eigenvalue weighted by Gasteiger charge is -2.37. The summed E-state index contributed by atoms with van der Waals surface area (Å²) in [6.07, 6.45) is 3.91. The SMILES string of the molecule is CCCC1(C(=O)N[C@H](C)c2ccccc2Br)CCNCC1. The van der Waals surface area contributed by atoms with Gasteiger partial charge in [-0.15, -0.1) is 0 Å². The second kappa shape index (κ2) is 7.41. The van der Waals surface area contributed by atoms with Crippen LogP contribution in [0.2, 0.25) is 0 Å². The zero-order valence-electron chi connectivity index (χ0n) is 12.9. The molecule has 1 aromatic carbocycles. The van der Waals surface area contributed by atoms with Gasteiger partial charge in [0.2, 0.25) is 5.91 Å². The van der Waals surface area contributed by atoms with Crippen LogP contribution in [0.3, 0.4) is 0 Å². The Kier molecular flexibility index (Phi) is 5.82. The quantitative estimate of drug-likeness (QED) is 0.846. The molecule has 0 unspecified atom stereocenters. The Hall–Kier alpha value is -0.870. The van der Waals surface area contributed by atoms with E-state index in [-0.39, 0.29) is 17.4 Å². The van der Waals surface area contributed by atoms with Crippen LogP contribution in [0.1, 0.15) is 51.1 Å². The van der Waals surface area contributed by atoms with Crippen molar-refractivity contribution in [1.82, 2.24) is 10.6 Å². The van der Waals surface area contributed by atoms with Crippen molar-refractivity contribution in [2.45, 2.75) is 45.6 Å². The molecule has 0 saturated carbocycles. The summed E-state index contributed by atoms with van der Waals surface area (Å²) in [5, 5.41) is 6.60. The molecule has 0 spiro atoms. The molecule has 1 aliphatic heterocycles. The molecule has 1 amide bonds. The number of carbonyl (C=O) groups excluding carboxylic acids is 1. The van der Waals surface area contributed by atoms with E-state index in [9.17, 15) is 4.79 Å². The largest absolute Gasteiger partial charge is 0.349 e. The predicted octanol–water partition coefficient (Wildman–Crippen LogP) is 3.80. The van der Waals surface area contributed by atoms with Crippen LogP contribution in [0.5, 0.6) is 0 Å². The topological polar surface area (TPSA) is 41.1 Å². The molecule has 0 radical (unpaired) electrons. The van der Waals surface area contributed by atoms with Gasteiger partial charge in [0, 0.05) is 4.47 Å². The van der Waals surface area contributed by atoms with Crippen molar-refractivity contribution in [1.29, 1.82) is 0 Å². The van der Waals surface area contributed by atoms with Gasteiger partial charge < -0.3 is 10.6 Å². The van der Waals surface area contributed by atoms with Gasteiger partial charge in [0.15, 0.2) is 0 Å². The first-order valence-electron chi connectivity index (χ1n) is 7.85. The van der Waals surface area contributed by atoms with Gasteiger partial charge in [-0.3, -0.25) is 4.79 Å². The first-order valence-corrected chi connectivity index (χ1v) is 8.64. The van der Waals surface area contributed by atoms with E-state index in [0.29, 0.717) is 0 Å². The van der Waals surface area contributed by atoms with Crippen molar-refractivity contribution in [2.24, 2.45) is 5.41 Å². The first-order chi connectivity index (χ1) is 10.1. The fourth-order valence-corrected chi connectivity index (χ4v) is 3.86. The summed E-state index contributed by atoms with van der Waals surface area (Å²) >= 11 is 3.57. The number of benzene rings is 1. The minimum absolute atomic E-state index is 0.0247. The van der Waals surface area contributed by atoms with E-state index in [0.717, 1.165) is 48.8 Å². The smallest absolute Gasteiger partial charge is 0.226 e. The van der Waals surface area contributed by atoms with Gasteiger partial charge in [0.1, 0.15) is 0 Å². The van der Waals surface area contributed by atoms with Crippen LogP contribution in [-0.2, 0) is 4.79 Å². The Morgan fingerprint density at radius 3 is 2.67 bits per heavy atom. The lowest BCUT2D eigenvalue weighted by molar-refractivity contribution is -0.133. The predicted molar refractivity (Wildman–Crippen MR) is 90.1 cm³/mol. The molecule has 1 heterocycles. The number of carbonyl (C=O) groups is 1. The second-order valence-corrected chi connectivity index (χ2v) is 6.85. The number of rotatable bonds is 5. The Morgan fingerprint density at radius 1 is 1.38 bits per heavy atom. The average molecular weight is 353 g/mol. The fourth-order valence-electron chi connectivity index (χ4n) is 3.23. The number of nitrogens with one attached hydrogen (secondary N) is 2. The molecule has 1 aliphatic rings. The highest BCUT2D eigenvalue weighted by Crippen LogP contribution is 2.35. The normalized spacial score (nSPS) is 19.0. The van der Waals surface area contributed by atoms with Crippen molar-refractivity contribution in [3.05, 3.63) is 34.3 Å². The molecule has 0 aromatic heterocycles. The molecule has 1 saturated heterocycles. The molecule has 116 valence electrons. The molecule has 0 bridgehead atoms. The number of hydrogen-bond donors (Lipinski definition) is 2. The van der Waals surface area contributed by atoms with Crippen LogP contribution >= 0.6 is 15.9 Å². The third-order valence-corrected chi connectivity index (χ3v) is 5.21. The van der Waals surface area contributed by atoms with Crippen molar-refractivity contribution >= 4 is 21.8 Å². The molecule has 2 N–H and O–H groups in total. The summed E-state index contributed by atoms with van der Waals surface area (Å²) in [4.78, 5) is 12.9. The van der Waals surface area contributed by atoms with Gasteiger partial charge in [-0.1, -0.05) is 47.5 Å². The van der Waals surface area contributed by atoms with Gasteiger partial charge >= 0.3 is 0 Å². The van der Waals surface area contributed by atoms with E-state index in [1.54, 1.807) is 0 Å². The van der Waals surface area contributed by atoms with Crippen LogP contribution in [0, 0.1) is 5.41 Å². The fraction of sp³-hybridized carbons (Fsp3) is 0.588. The van der Waals surface area contributed by atoms with Crippen molar-refractivity contribution in [2.75, 3.05) is 13.1 Å². The van der Waals surface area contributed by atoms with Gasteiger partial charge in [0.25, 0.3) is 0 Å². The summed E-state index contributed by atoms with van der Waals surface area (Å²) in [5.41, 5.74) is 0.946. The second-order valence-electron chi connectivity index (χ2n) is 6.00. The highest BCUT2D eigenvalue weighted by molar-refractivity contribution is 9.10. The zero-order valence-corrected chi connectivity index (χ0v) is 14.5. The third-order valence-electron chi connectivity index (χ3n) is 4.49. The van der Waals surface area contributed by atoms with Gasteiger partial charge in [-0.2, -0.15) is 0 Å². The average Bonchev–Trinajstić information content (AvgIpc) is 2.48. The van der Waals surface area contributed by atoms with E-state index in [1.165, 1.54) is 0 Å². The lowest BCUT2D eigenvalue weighted by Crippen LogP contribution is -2.48. The maximum atomic E-state index is 12.9. The summed E-state index contributed by atoms with van der Waals surface area (Å²) in [6, 6.07) is 8.10. The number of piperidine rings is 1. The number of halogens is 1. The zero-order chi connectivity index (χ0) is 15.3. The van der Waals surface area contributed by atoms with E-state index in [1.807, 2.05) is 18.2 Å². The first kappa shape index (κ1) is 16.5.